The molecule has 1 aromatic heterocycles. The lowest BCUT2D eigenvalue weighted by Gasteiger charge is -2.38. The van der Waals surface area contributed by atoms with Crippen LogP contribution in [0.4, 0.5) is 4.39 Å². The van der Waals surface area contributed by atoms with Gasteiger partial charge in [0.05, 0.1) is 22.3 Å². The number of halogens is 2. The zero-order valence-electron chi connectivity index (χ0n) is 17.3. The van der Waals surface area contributed by atoms with E-state index in [-0.39, 0.29) is 11.7 Å². The molecule has 1 unspecified atom stereocenters. The Morgan fingerprint density at radius 3 is 2.80 bits per heavy atom. The molecular formula is C25H25ClFN3. The monoisotopic (exact) mass is 421 g/mol. The van der Waals surface area contributed by atoms with Gasteiger partial charge in [0.15, 0.2) is 0 Å². The van der Waals surface area contributed by atoms with Crippen LogP contribution in [0.2, 0.25) is 5.02 Å². The summed E-state index contributed by atoms with van der Waals surface area (Å²) in [5.74, 6) is 0.920. The molecule has 5 heteroatoms. The fourth-order valence-electron chi connectivity index (χ4n) is 4.86. The van der Waals surface area contributed by atoms with Crippen LogP contribution in [-0.4, -0.2) is 21.4 Å². The SMILES string of the molecule is Cc1c(Cl)ccc2[nH]c([C@]3(C)CCCN3C3=CC(c4ccccc4)CC=C3F)nc12. The quantitative estimate of drug-likeness (QED) is 0.506. The Hall–Kier alpha value is -2.59. The Morgan fingerprint density at radius 2 is 2.00 bits per heavy atom. The minimum absolute atomic E-state index is 0.134. The van der Waals surface area contributed by atoms with Crippen molar-refractivity contribution in [1.29, 1.82) is 0 Å². The Kier molecular flexibility index (Phi) is 4.70. The Balaban J connectivity index is 1.56. The molecule has 1 fully saturated rings. The van der Waals surface area contributed by atoms with Crippen LogP contribution in [0.15, 0.2) is 66.1 Å². The Bertz CT molecular complexity index is 1160. The van der Waals surface area contributed by atoms with Crippen LogP contribution in [0.5, 0.6) is 0 Å². The third-order valence-corrected chi connectivity index (χ3v) is 7.08. The molecule has 0 radical (unpaired) electrons. The van der Waals surface area contributed by atoms with Crippen molar-refractivity contribution in [2.24, 2.45) is 0 Å². The van der Waals surface area contributed by atoms with Gasteiger partial charge in [-0.1, -0.05) is 48.0 Å². The average molecular weight is 422 g/mol. The van der Waals surface area contributed by atoms with Crippen LogP contribution in [0.3, 0.4) is 0 Å². The van der Waals surface area contributed by atoms with E-state index in [0.717, 1.165) is 41.8 Å². The van der Waals surface area contributed by atoms with Gasteiger partial charge in [-0.2, -0.15) is 0 Å². The number of H-pyrrole nitrogens is 1. The summed E-state index contributed by atoms with van der Waals surface area (Å²) in [5, 5.41) is 0.712. The van der Waals surface area contributed by atoms with Crippen LogP contribution in [0.25, 0.3) is 11.0 Å². The van der Waals surface area contributed by atoms with E-state index in [2.05, 4.69) is 35.0 Å². The normalized spacial score (nSPS) is 24.3. The molecule has 2 aromatic carbocycles. The van der Waals surface area contributed by atoms with Gasteiger partial charge in [-0.15, -0.1) is 0 Å². The fourth-order valence-corrected chi connectivity index (χ4v) is 5.02. The highest BCUT2D eigenvalue weighted by molar-refractivity contribution is 6.32. The number of hydrogen-bond donors (Lipinski definition) is 1. The lowest BCUT2D eigenvalue weighted by atomic mass is 9.89. The Labute approximate surface area is 181 Å². The number of aromatic amines is 1. The first kappa shape index (κ1) is 19.4. The molecule has 0 bridgehead atoms. The van der Waals surface area contributed by atoms with Gasteiger partial charge in [-0.3, -0.25) is 0 Å². The molecule has 1 aliphatic heterocycles. The van der Waals surface area contributed by atoms with Crippen LogP contribution < -0.4 is 0 Å². The van der Waals surface area contributed by atoms with Gasteiger partial charge in [0, 0.05) is 17.5 Å². The summed E-state index contributed by atoms with van der Waals surface area (Å²) >= 11 is 6.30. The maximum Gasteiger partial charge on any atom is 0.142 e. The van der Waals surface area contributed by atoms with Crippen LogP contribution >= 0.6 is 11.6 Å². The van der Waals surface area contributed by atoms with Gasteiger partial charge in [-0.05, 0) is 62.4 Å². The lowest BCUT2D eigenvalue weighted by Crippen LogP contribution is -2.39. The summed E-state index contributed by atoms with van der Waals surface area (Å²) in [4.78, 5) is 10.6. The average Bonchev–Trinajstić information content (AvgIpc) is 3.37. The number of nitrogens with one attached hydrogen (secondary N) is 1. The molecule has 154 valence electrons. The summed E-state index contributed by atoms with van der Waals surface area (Å²) in [6.45, 7) is 4.96. The smallest absolute Gasteiger partial charge is 0.142 e. The van der Waals surface area contributed by atoms with E-state index in [1.54, 1.807) is 6.08 Å². The predicted octanol–water partition coefficient (Wildman–Crippen LogP) is 6.76. The van der Waals surface area contributed by atoms with Crippen molar-refractivity contribution in [2.45, 2.75) is 44.6 Å². The molecule has 3 aromatic rings. The van der Waals surface area contributed by atoms with E-state index in [4.69, 9.17) is 16.6 Å². The maximum atomic E-state index is 15.1. The summed E-state index contributed by atoms with van der Waals surface area (Å²) in [7, 11) is 0. The maximum absolute atomic E-state index is 15.1. The number of fused-ring (bicyclic) bond motifs is 1. The zero-order valence-corrected chi connectivity index (χ0v) is 18.0. The summed E-state index contributed by atoms with van der Waals surface area (Å²) in [6, 6.07) is 14.2. The third kappa shape index (κ3) is 3.05. The minimum atomic E-state index is -0.395. The molecule has 0 saturated carbocycles. The van der Waals surface area contributed by atoms with Gasteiger partial charge < -0.3 is 9.88 Å². The highest BCUT2D eigenvalue weighted by Gasteiger charge is 2.43. The van der Waals surface area contributed by atoms with E-state index in [0.29, 0.717) is 17.1 Å². The number of imidazole rings is 1. The second-order valence-corrected chi connectivity index (χ2v) is 8.95. The highest BCUT2D eigenvalue weighted by atomic mass is 35.5. The van der Waals surface area contributed by atoms with Crippen molar-refractivity contribution >= 4 is 22.6 Å². The number of likely N-dealkylation sites (tertiary alicyclic amines) is 1. The van der Waals surface area contributed by atoms with Crippen molar-refractivity contribution in [2.75, 3.05) is 6.54 Å². The zero-order chi connectivity index (χ0) is 20.9. The molecule has 2 atom stereocenters. The van der Waals surface area contributed by atoms with E-state index in [1.165, 1.54) is 5.56 Å². The molecule has 1 N–H and O–H groups in total. The van der Waals surface area contributed by atoms with Crippen molar-refractivity contribution in [1.82, 2.24) is 14.9 Å². The van der Waals surface area contributed by atoms with Crippen LogP contribution in [0, 0.1) is 6.92 Å². The molecule has 5 rings (SSSR count). The molecule has 0 amide bonds. The minimum Gasteiger partial charge on any atom is -0.357 e. The van der Waals surface area contributed by atoms with Gasteiger partial charge in [0.2, 0.25) is 0 Å². The molecule has 1 aliphatic carbocycles. The van der Waals surface area contributed by atoms with Crippen molar-refractivity contribution in [3.63, 3.8) is 0 Å². The molecule has 1 saturated heterocycles. The van der Waals surface area contributed by atoms with E-state index in [1.807, 2.05) is 37.3 Å². The van der Waals surface area contributed by atoms with Crippen molar-refractivity contribution in [3.8, 4) is 0 Å². The second-order valence-electron chi connectivity index (χ2n) is 8.54. The van der Waals surface area contributed by atoms with E-state index < -0.39 is 5.54 Å². The molecular weight excluding hydrogens is 397 g/mol. The fraction of sp³-hybridized carbons (Fsp3) is 0.320. The molecule has 0 spiro atoms. The van der Waals surface area contributed by atoms with Crippen molar-refractivity contribution in [3.05, 3.63) is 88.1 Å². The first-order valence-corrected chi connectivity index (χ1v) is 10.9. The van der Waals surface area contributed by atoms with Crippen LogP contribution in [-0.2, 0) is 5.54 Å². The molecule has 2 heterocycles. The summed E-state index contributed by atoms with van der Waals surface area (Å²) in [5.41, 5.74) is 4.33. The number of rotatable bonds is 3. The van der Waals surface area contributed by atoms with Crippen molar-refractivity contribution < 1.29 is 4.39 Å². The molecule has 30 heavy (non-hydrogen) atoms. The summed E-state index contributed by atoms with van der Waals surface area (Å²) in [6.07, 6.45) is 6.42. The van der Waals surface area contributed by atoms with Crippen LogP contribution in [0.1, 0.15) is 49.1 Å². The van der Waals surface area contributed by atoms with Gasteiger partial charge in [-0.25, -0.2) is 9.37 Å². The standard InChI is InChI=1S/C25H25ClFN3/c1-16-19(26)10-12-21-23(16)29-24(28-21)25(2)13-6-14-30(25)22-15-18(9-11-20(22)27)17-7-4-3-5-8-17/h3-5,7-8,10-12,15,18H,6,9,13-14H2,1-2H3,(H,28,29)/t18?,25-/m0/s1. The molecule has 2 aliphatic rings. The van der Waals surface area contributed by atoms with Gasteiger partial charge in [0.1, 0.15) is 11.7 Å². The predicted molar refractivity (Wildman–Crippen MR) is 120 cm³/mol. The largest absolute Gasteiger partial charge is 0.357 e. The Morgan fingerprint density at radius 1 is 1.20 bits per heavy atom. The number of nitrogens with zero attached hydrogens (tertiary/aromatic N) is 2. The number of aryl methyl sites for hydroxylation is 1. The number of aromatic nitrogens is 2. The topological polar surface area (TPSA) is 31.9 Å². The molecule has 3 nitrogen and oxygen atoms in total. The first-order chi connectivity index (χ1) is 14.5. The second kappa shape index (κ2) is 7.28. The third-order valence-electron chi connectivity index (χ3n) is 6.67. The highest BCUT2D eigenvalue weighted by Crippen LogP contribution is 2.45. The lowest BCUT2D eigenvalue weighted by molar-refractivity contribution is 0.191. The number of benzene rings is 2. The van der Waals surface area contributed by atoms with E-state index in [9.17, 15) is 0 Å². The number of hydrogen-bond acceptors (Lipinski definition) is 2. The van der Waals surface area contributed by atoms with Gasteiger partial charge >= 0.3 is 0 Å². The number of allylic oxidation sites excluding steroid dienone is 3. The first-order valence-electron chi connectivity index (χ1n) is 10.5. The van der Waals surface area contributed by atoms with Gasteiger partial charge in [0.25, 0.3) is 0 Å². The summed E-state index contributed by atoms with van der Waals surface area (Å²) < 4.78 is 15.1. The van der Waals surface area contributed by atoms with E-state index >= 15 is 4.39 Å².